The lowest BCUT2D eigenvalue weighted by atomic mass is 10.1. The van der Waals surface area contributed by atoms with Gasteiger partial charge in [-0.25, -0.2) is 0 Å². The molecule has 0 aliphatic rings. The van der Waals surface area contributed by atoms with Crippen molar-refractivity contribution in [1.82, 2.24) is 5.32 Å². The molecule has 0 saturated carbocycles. The zero-order chi connectivity index (χ0) is 12.8. The molecule has 0 aromatic heterocycles. The van der Waals surface area contributed by atoms with E-state index < -0.39 is 6.10 Å². The Morgan fingerprint density at radius 1 is 1.35 bits per heavy atom. The molecule has 0 fully saturated rings. The summed E-state index contributed by atoms with van der Waals surface area (Å²) in [5.74, 6) is -0.0266. The molecule has 0 heterocycles. The van der Waals surface area contributed by atoms with Gasteiger partial charge in [0.25, 0.3) is 0 Å². The van der Waals surface area contributed by atoms with E-state index in [0.717, 1.165) is 10.0 Å². The Morgan fingerprint density at radius 2 is 1.94 bits per heavy atom. The maximum absolute atomic E-state index is 11.6. The molecular formula is C13H18BrNO2. The zero-order valence-corrected chi connectivity index (χ0v) is 11.7. The van der Waals surface area contributed by atoms with E-state index in [4.69, 9.17) is 5.11 Å². The quantitative estimate of drug-likeness (QED) is 0.878. The van der Waals surface area contributed by atoms with Gasteiger partial charge in [0.05, 0.1) is 12.1 Å². The standard InChI is InChI=1S/C13H18BrNO2/c1-9(16)3-8-13(17)15-10(2)11-4-6-12(14)7-5-11/h4-7,9-10,16H,3,8H2,1-2H3,(H,15,17)/t9?,10-/m0/s1. The van der Waals surface area contributed by atoms with Crippen LogP contribution in [-0.4, -0.2) is 17.1 Å². The number of nitrogens with one attached hydrogen (secondary N) is 1. The summed E-state index contributed by atoms with van der Waals surface area (Å²) in [5, 5.41) is 12.0. The molecule has 3 nitrogen and oxygen atoms in total. The second kappa shape index (κ2) is 6.77. The number of amides is 1. The maximum atomic E-state index is 11.6. The average molecular weight is 300 g/mol. The van der Waals surface area contributed by atoms with E-state index >= 15 is 0 Å². The first-order valence-corrected chi connectivity index (χ1v) is 6.51. The van der Waals surface area contributed by atoms with E-state index in [9.17, 15) is 4.79 Å². The number of carbonyl (C=O) groups excluding carboxylic acids is 1. The van der Waals surface area contributed by atoms with Crippen molar-refractivity contribution < 1.29 is 9.90 Å². The molecule has 4 heteroatoms. The first kappa shape index (κ1) is 14.2. The molecular weight excluding hydrogens is 282 g/mol. The Morgan fingerprint density at radius 3 is 2.47 bits per heavy atom. The number of hydrogen-bond acceptors (Lipinski definition) is 2. The molecule has 0 saturated heterocycles. The van der Waals surface area contributed by atoms with Gasteiger partial charge in [0.15, 0.2) is 0 Å². The number of halogens is 1. The van der Waals surface area contributed by atoms with Crippen molar-refractivity contribution in [2.45, 2.75) is 38.8 Å². The molecule has 0 bridgehead atoms. The number of carbonyl (C=O) groups is 1. The smallest absolute Gasteiger partial charge is 0.220 e. The van der Waals surface area contributed by atoms with E-state index in [1.54, 1.807) is 6.92 Å². The van der Waals surface area contributed by atoms with Crippen LogP contribution in [0.3, 0.4) is 0 Å². The number of aliphatic hydroxyl groups excluding tert-OH is 1. The molecule has 1 rings (SSSR count). The van der Waals surface area contributed by atoms with Gasteiger partial charge < -0.3 is 10.4 Å². The second-order valence-electron chi connectivity index (χ2n) is 4.23. The monoisotopic (exact) mass is 299 g/mol. The van der Waals surface area contributed by atoms with E-state index in [0.29, 0.717) is 12.8 Å². The van der Waals surface area contributed by atoms with Crippen LogP contribution in [0, 0.1) is 0 Å². The second-order valence-corrected chi connectivity index (χ2v) is 5.14. The third kappa shape index (κ3) is 5.33. The predicted octanol–water partition coefficient (Wildman–Crippen LogP) is 2.79. The molecule has 2 atom stereocenters. The molecule has 0 aliphatic carbocycles. The van der Waals surface area contributed by atoms with E-state index in [1.807, 2.05) is 31.2 Å². The summed E-state index contributed by atoms with van der Waals surface area (Å²) in [5.41, 5.74) is 1.07. The van der Waals surface area contributed by atoms with Crippen molar-refractivity contribution in [3.8, 4) is 0 Å². The lowest BCUT2D eigenvalue weighted by Crippen LogP contribution is -2.27. The van der Waals surface area contributed by atoms with Crippen molar-refractivity contribution >= 4 is 21.8 Å². The molecule has 17 heavy (non-hydrogen) atoms. The molecule has 0 spiro atoms. The summed E-state index contributed by atoms with van der Waals surface area (Å²) in [6, 6.07) is 7.85. The van der Waals surface area contributed by atoms with Crippen LogP contribution in [0.15, 0.2) is 28.7 Å². The Hall–Kier alpha value is -0.870. The lowest BCUT2D eigenvalue weighted by molar-refractivity contribution is -0.122. The van der Waals surface area contributed by atoms with Crippen LogP contribution in [0.2, 0.25) is 0 Å². The van der Waals surface area contributed by atoms with Crippen molar-refractivity contribution in [2.24, 2.45) is 0 Å². The summed E-state index contributed by atoms with van der Waals surface area (Å²) in [7, 11) is 0. The topological polar surface area (TPSA) is 49.3 Å². The first-order chi connectivity index (χ1) is 7.99. The Kier molecular flexibility index (Phi) is 5.65. The van der Waals surface area contributed by atoms with E-state index in [-0.39, 0.29) is 11.9 Å². The van der Waals surface area contributed by atoms with Gasteiger partial charge in [-0.15, -0.1) is 0 Å². The fraction of sp³-hybridized carbons (Fsp3) is 0.462. The number of hydrogen-bond donors (Lipinski definition) is 2. The zero-order valence-electron chi connectivity index (χ0n) is 10.1. The molecule has 1 aromatic carbocycles. The third-order valence-electron chi connectivity index (χ3n) is 2.54. The van der Waals surface area contributed by atoms with Crippen molar-refractivity contribution in [3.05, 3.63) is 34.3 Å². The Bertz CT molecular complexity index is 362. The highest BCUT2D eigenvalue weighted by molar-refractivity contribution is 9.10. The average Bonchev–Trinajstić information content (AvgIpc) is 2.27. The minimum Gasteiger partial charge on any atom is -0.393 e. The van der Waals surface area contributed by atoms with Gasteiger partial charge in [-0.2, -0.15) is 0 Å². The van der Waals surface area contributed by atoms with Crippen LogP contribution < -0.4 is 5.32 Å². The fourth-order valence-electron chi connectivity index (χ4n) is 1.49. The SMILES string of the molecule is CC(O)CCC(=O)N[C@@H](C)c1ccc(Br)cc1. The number of aliphatic hydroxyl groups is 1. The van der Waals surface area contributed by atoms with Gasteiger partial charge in [-0.1, -0.05) is 28.1 Å². The molecule has 94 valence electrons. The van der Waals surface area contributed by atoms with Gasteiger partial charge >= 0.3 is 0 Å². The number of rotatable bonds is 5. The highest BCUT2D eigenvalue weighted by Crippen LogP contribution is 2.16. The summed E-state index contributed by atoms with van der Waals surface area (Å²) in [4.78, 5) is 11.6. The van der Waals surface area contributed by atoms with Gasteiger partial charge in [0, 0.05) is 10.9 Å². The van der Waals surface area contributed by atoms with Crippen LogP contribution in [0.4, 0.5) is 0 Å². The van der Waals surface area contributed by atoms with Gasteiger partial charge in [0.1, 0.15) is 0 Å². The van der Waals surface area contributed by atoms with Crippen LogP contribution in [0.5, 0.6) is 0 Å². The summed E-state index contributed by atoms with van der Waals surface area (Å²) in [6.07, 6.45) is 0.431. The summed E-state index contributed by atoms with van der Waals surface area (Å²) >= 11 is 3.37. The minimum atomic E-state index is -0.427. The van der Waals surface area contributed by atoms with Crippen molar-refractivity contribution in [2.75, 3.05) is 0 Å². The highest BCUT2D eigenvalue weighted by Gasteiger charge is 2.10. The molecule has 1 unspecified atom stereocenters. The maximum Gasteiger partial charge on any atom is 0.220 e. The van der Waals surface area contributed by atoms with Crippen LogP contribution in [0.25, 0.3) is 0 Å². The van der Waals surface area contributed by atoms with E-state index in [2.05, 4.69) is 21.2 Å². The van der Waals surface area contributed by atoms with Gasteiger partial charge in [0.2, 0.25) is 5.91 Å². The highest BCUT2D eigenvalue weighted by atomic mass is 79.9. The predicted molar refractivity (Wildman–Crippen MR) is 71.6 cm³/mol. The summed E-state index contributed by atoms with van der Waals surface area (Å²) < 4.78 is 1.02. The van der Waals surface area contributed by atoms with E-state index in [1.165, 1.54) is 0 Å². The van der Waals surface area contributed by atoms with Crippen molar-refractivity contribution in [3.63, 3.8) is 0 Å². The van der Waals surface area contributed by atoms with Crippen LogP contribution in [-0.2, 0) is 4.79 Å². The van der Waals surface area contributed by atoms with Crippen LogP contribution >= 0.6 is 15.9 Å². The molecule has 1 amide bonds. The molecule has 0 radical (unpaired) electrons. The number of benzene rings is 1. The van der Waals surface area contributed by atoms with Gasteiger partial charge in [-0.3, -0.25) is 4.79 Å². The first-order valence-electron chi connectivity index (χ1n) is 5.72. The normalized spacial score (nSPS) is 14.1. The third-order valence-corrected chi connectivity index (χ3v) is 3.07. The van der Waals surface area contributed by atoms with Crippen LogP contribution in [0.1, 0.15) is 38.3 Å². The summed E-state index contributed by atoms with van der Waals surface area (Å²) in [6.45, 7) is 3.63. The Labute approximate surface area is 110 Å². The minimum absolute atomic E-state index is 0.00963. The van der Waals surface area contributed by atoms with Crippen molar-refractivity contribution in [1.29, 1.82) is 0 Å². The fourth-order valence-corrected chi connectivity index (χ4v) is 1.75. The Balaban J connectivity index is 2.46. The molecule has 1 aromatic rings. The van der Waals surface area contributed by atoms with Gasteiger partial charge in [-0.05, 0) is 38.0 Å². The molecule has 0 aliphatic heterocycles. The largest absolute Gasteiger partial charge is 0.393 e. The molecule has 2 N–H and O–H groups in total. The lowest BCUT2D eigenvalue weighted by Gasteiger charge is -2.14.